The van der Waals surface area contributed by atoms with Crippen LogP contribution in [0.15, 0.2) is 18.3 Å². The Morgan fingerprint density at radius 1 is 1.38 bits per heavy atom. The highest BCUT2D eigenvalue weighted by atomic mass is 19.4. The van der Waals surface area contributed by atoms with Crippen LogP contribution >= 0.6 is 0 Å². The van der Waals surface area contributed by atoms with E-state index in [9.17, 15) is 18.0 Å². The van der Waals surface area contributed by atoms with Crippen LogP contribution in [-0.4, -0.2) is 42.5 Å². The third kappa shape index (κ3) is 4.17. The summed E-state index contributed by atoms with van der Waals surface area (Å²) < 4.78 is 37.3. The molecule has 1 aromatic rings. The average Bonchev–Trinajstić information content (AvgIpc) is 2.46. The van der Waals surface area contributed by atoms with E-state index >= 15 is 0 Å². The topological polar surface area (TPSA) is 45.2 Å². The summed E-state index contributed by atoms with van der Waals surface area (Å²) in [5, 5.41) is 3.25. The van der Waals surface area contributed by atoms with Gasteiger partial charge in [-0.3, -0.25) is 9.78 Å². The Bertz CT molecular complexity index is 481. The predicted octanol–water partition coefficient (Wildman–Crippen LogP) is 2.17. The molecule has 0 radical (unpaired) electrons. The van der Waals surface area contributed by atoms with E-state index in [1.807, 2.05) is 0 Å². The van der Waals surface area contributed by atoms with Crippen LogP contribution in [-0.2, 0) is 6.18 Å². The van der Waals surface area contributed by atoms with Gasteiger partial charge in [-0.05, 0) is 44.0 Å². The lowest BCUT2D eigenvalue weighted by Gasteiger charge is -2.27. The van der Waals surface area contributed by atoms with Crippen LogP contribution in [0, 0.1) is 5.92 Å². The number of rotatable bonds is 3. The maximum atomic E-state index is 12.4. The number of piperidine rings is 1. The molecule has 7 heteroatoms. The van der Waals surface area contributed by atoms with Gasteiger partial charge in [-0.2, -0.15) is 13.2 Å². The number of aromatic nitrogens is 1. The molecule has 0 spiro atoms. The third-order valence-corrected chi connectivity index (χ3v) is 3.65. The van der Waals surface area contributed by atoms with Gasteiger partial charge in [-0.1, -0.05) is 0 Å². The van der Waals surface area contributed by atoms with Crippen LogP contribution < -0.4 is 5.32 Å². The van der Waals surface area contributed by atoms with Gasteiger partial charge in [0.1, 0.15) is 5.69 Å². The van der Waals surface area contributed by atoms with Crippen molar-refractivity contribution in [3.8, 4) is 0 Å². The van der Waals surface area contributed by atoms with Gasteiger partial charge in [0.25, 0.3) is 5.91 Å². The highest BCUT2D eigenvalue weighted by molar-refractivity contribution is 5.92. The maximum absolute atomic E-state index is 12.4. The average molecular weight is 301 g/mol. The summed E-state index contributed by atoms with van der Waals surface area (Å²) in [4.78, 5) is 17.3. The van der Waals surface area contributed by atoms with Gasteiger partial charge in [0.05, 0.1) is 5.56 Å². The van der Waals surface area contributed by atoms with Crippen molar-refractivity contribution in [2.75, 3.05) is 26.7 Å². The minimum Gasteiger partial charge on any atom is -0.340 e. The van der Waals surface area contributed by atoms with Crippen LogP contribution in [0.25, 0.3) is 0 Å². The van der Waals surface area contributed by atoms with Crippen molar-refractivity contribution in [3.05, 3.63) is 29.6 Å². The molecule has 21 heavy (non-hydrogen) atoms. The lowest BCUT2D eigenvalue weighted by Crippen LogP contribution is -2.37. The van der Waals surface area contributed by atoms with Gasteiger partial charge < -0.3 is 10.2 Å². The quantitative estimate of drug-likeness (QED) is 0.930. The van der Waals surface area contributed by atoms with Gasteiger partial charge in [-0.15, -0.1) is 0 Å². The summed E-state index contributed by atoms with van der Waals surface area (Å²) >= 11 is 0. The van der Waals surface area contributed by atoms with Crippen molar-refractivity contribution in [2.45, 2.75) is 19.0 Å². The van der Waals surface area contributed by atoms with Crippen molar-refractivity contribution in [1.82, 2.24) is 15.2 Å². The van der Waals surface area contributed by atoms with E-state index < -0.39 is 11.7 Å². The van der Waals surface area contributed by atoms with Crippen molar-refractivity contribution in [3.63, 3.8) is 0 Å². The molecule has 1 aliphatic heterocycles. The van der Waals surface area contributed by atoms with E-state index in [4.69, 9.17) is 0 Å². The monoisotopic (exact) mass is 301 g/mol. The first-order chi connectivity index (χ1) is 9.88. The summed E-state index contributed by atoms with van der Waals surface area (Å²) in [7, 11) is 1.66. The largest absolute Gasteiger partial charge is 0.417 e. The minimum atomic E-state index is -4.43. The Morgan fingerprint density at radius 2 is 2.05 bits per heavy atom. The molecule has 116 valence electrons. The number of pyridine rings is 1. The fraction of sp³-hybridized carbons (Fsp3) is 0.571. The van der Waals surface area contributed by atoms with E-state index in [2.05, 4.69) is 10.3 Å². The fourth-order valence-electron chi connectivity index (χ4n) is 2.42. The third-order valence-electron chi connectivity index (χ3n) is 3.65. The van der Waals surface area contributed by atoms with Crippen LogP contribution in [0.3, 0.4) is 0 Å². The lowest BCUT2D eigenvalue weighted by atomic mass is 9.97. The Morgan fingerprint density at radius 3 is 2.57 bits per heavy atom. The van der Waals surface area contributed by atoms with Crippen molar-refractivity contribution in [1.29, 1.82) is 0 Å². The molecule has 1 aromatic heterocycles. The molecule has 0 aromatic carbocycles. The Labute approximate surface area is 121 Å². The first-order valence-corrected chi connectivity index (χ1v) is 6.87. The van der Waals surface area contributed by atoms with Crippen LogP contribution in [0.5, 0.6) is 0 Å². The van der Waals surface area contributed by atoms with E-state index in [1.54, 1.807) is 7.05 Å². The number of halogens is 3. The highest BCUT2D eigenvalue weighted by Gasteiger charge is 2.31. The summed E-state index contributed by atoms with van der Waals surface area (Å²) in [6, 6.07) is 2.02. The van der Waals surface area contributed by atoms with Crippen molar-refractivity contribution in [2.24, 2.45) is 5.92 Å². The molecule has 1 amide bonds. The summed E-state index contributed by atoms with van der Waals surface area (Å²) in [5.74, 6) is 0.0805. The number of nitrogens with one attached hydrogen (secondary N) is 1. The molecule has 0 saturated carbocycles. The number of carbonyl (C=O) groups excluding carboxylic acids is 1. The SMILES string of the molecule is CN(CC1CCNCC1)C(=O)c1ccc(C(F)(F)F)cn1. The zero-order valence-electron chi connectivity index (χ0n) is 11.8. The van der Waals surface area contributed by atoms with Crippen LogP contribution in [0.4, 0.5) is 13.2 Å². The predicted molar refractivity (Wildman–Crippen MR) is 71.8 cm³/mol. The van der Waals surface area contributed by atoms with Gasteiger partial charge in [0.2, 0.25) is 0 Å². The smallest absolute Gasteiger partial charge is 0.340 e. The van der Waals surface area contributed by atoms with Crippen molar-refractivity contribution < 1.29 is 18.0 Å². The van der Waals surface area contributed by atoms with E-state index in [-0.39, 0.29) is 11.6 Å². The van der Waals surface area contributed by atoms with Crippen LogP contribution in [0.2, 0.25) is 0 Å². The molecule has 1 saturated heterocycles. The van der Waals surface area contributed by atoms with Crippen molar-refractivity contribution >= 4 is 5.91 Å². The second-order valence-electron chi connectivity index (χ2n) is 5.31. The fourth-order valence-corrected chi connectivity index (χ4v) is 2.42. The molecule has 0 atom stereocenters. The molecular formula is C14H18F3N3O. The Kier molecular flexibility index (Phi) is 4.82. The number of hydrogen-bond acceptors (Lipinski definition) is 3. The zero-order chi connectivity index (χ0) is 15.5. The molecule has 0 unspecified atom stereocenters. The molecule has 1 fully saturated rings. The molecule has 0 aliphatic carbocycles. The number of carbonyl (C=O) groups is 1. The van der Waals surface area contributed by atoms with Gasteiger partial charge in [0, 0.05) is 19.8 Å². The van der Waals surface area contributed by atoms with Gasteiger partial charge in [0.15, 0.2) is 0 Å². The Balaban J connectivity index is 1.98. The highest BCUT2D eigenvalue weighted by Crippen LogP contribution is 2.28. The molecule has 1 N–H and O–H groups in total. The van der Waals surface area contributed by atoms with Gasteiger partial charge in [-0.25, -0.2) is 0 Å². The maximum Gasteiger partial charge on any atom is 0.417 e. The zero-order valence-corrected chi connectivity index (χ0v) is 11.8. The number of nitrogens with zero attached hydrogens (tertiary/aromatic N) is 2. The number of alkyl halides is 3. The lowest BCUT2D eigenvalue weighted by molar-refractivity contribution is -0.137. The second kappa shape index (κ2) is 6.43. The molecule has 4 nitrogen and oxygen atoms in total. The number of hydrogen-bond donors (Lipinski definition) is 1. The van der Waals surface area contributed by atoms with E-state index in [0.29, 0.717) is 18.7 Å². The first-order valence-electron chi connectivity index (χ1n) is 6.87. The molecule has 2 rings (SSSR count). The standard InChI is InChI=1S/C14H18F3N3O/c1-20(9-10-4-6-18-7-5-10)13(21)12-3-2-11(8-19-12)14(15,16)17/h2-3,8,10,18H,4-7,9H2,1H3. The Hall–Kier alpha value is -1.63. The number of amides is 1. The van der Waals surface area contributed by atoms with Crippen LogP contribution in [0.1, 0.15) is 28.9 Å². The second-order valence-corrected chi connectivity index (χ2v) is 5.31. The molecule has 0 bridgehead atoms. The summed E-state index contributed by atoms with van der Waals surface area (Å²) in [6.45, 7) is 2.47. The molecule has 2 heterocycles. The molecular weight excluding hydrogens is 283 g/mol. The molecule has 1 aliphatic rings. The van der Waals surface area contributed by atoms with Gasteiger partial charge >= 0.3 is 6.18 Å². The van der Waals surface area contributed by atoms with E-state index in [1.165, 1.54) is 4.90 Å². The minimum absolute atomic E-state index is 0.0411. The van der Waals surface area contributed by atoms with E-state index in [0.717, 1.165) is 38.1 Å². The first kappa shape index (κ1) is 15.8. The summed E-state index contributed by atoms with van der Waals surface area (Å²) in [6.07, 6.45) is -1.74. The summed E-state index contributed by atoms with van der Waals surface area (Å²) in [5.41, 5.74) is -0.806. The normalized spacial score (nSPS) is 16.8.